The molecule has 0 aromatic carbocycles. The number of ether oxygens (including phenoxy) is 3. The zero-order valence-corrected chi connectivity index (χ0v) is 51.9. The molecule has 6 heteroatoms. The van der Waals surface area contributed by atoms with Gasteiger partial charge in [0.1, 0.15) is 13.2 Å². The Labute approximate surface area is 484 Å². The molecule has 0 spiro atoms. The second-order valence-corrected chi connectivity index (χ2v) is 22.7. The van der Waals surface area contributed by atoms with Gasteiger partial charge >= 0.3 is 17.9 Å². The van der Waals surface area contributed by atoms with Gasteiger partial charge in [0.15, 0.2) is 6.10 Å². The van der Waals surface area contributed by atoms with Crippen molar-refractivity contribution in [3.63, 3.8) is 0 Å². The van der Waals surface area contributed by atoms with Crippen LogP contribution in [0.3, 0.4) is 0 Å². The van der Waals surface area contributed by atoms with Gasteiger partial charge in [0.25, 0.3) is 0 Å². The highest BCUT2D eigenvalue weighted by Gasteiger charge is 2.19. The molecule has 1 atom stereocenters. The summed E-state index contributed by atoms with van der Waals surface area (Å²) in [6.45, 7) is 6.50. The van der Waals surface area contributed by atoms with E-state index >= 15 is 0 Å². The molecular weight excluding hydrogens is 961 g/mol. The summed E-state index contributed by atoms with van der Waals surface area (Å²) in [6, 6.07) is 0. The normalized spacial score (nSPS) is 12.5. The van der Waals surface area contributed by atoms with Crippen molar-refractivity contribution in [3.8, 4) is 0 Å². The molecule has 0 bridgehead atoms. The number of unbranched alkanes of at least 4 members (excludes halogenated alkanes) is 39. The summed E-state index contributed by atoms with van der Waals surface area (Å²) < 4.78 is 16.8. The Morgan fingerprint density at radius 2 is 0.500 bits per heavy atom. The van der Waals surface area contributed by atoms with Gasteiger partial charge < -0.3 is 14.2 Å². The summed E-state index contributed by atoms with van der Waals surface area (Å²) in [7, 11) is 0. The minimum Gasteiger partial charge on any atom is -0.462 e. The van der Waals surface area contributed by atoms with Crippen LogP contribution < -0.4 is 0 Å². The van der Waals surface area contributed by atoms with Gasteiger partial charge in [-0.05, 0) is 70.6 Å². The van der Waals surface area contributed by atoms with Gasteiger partial charge in [-0.25, -0.2) is 0 Å². The Morgan fingerprint density at radius 1 is 0.269 bits per heavy atom. The van der Waals surface area contributed by atoms with Gasteiger partial charge in [-0.1, -0.05) is 331 Å². The van der Waals surface area contributed by atoms with Gasteiger partial charge in [0.2, 0.25) is 0 Å². The average molecular weight is 1090 g/mol. The van der Waals surface area contributed by atoms with E-state index in [0.717, 1.165) is 89.9 Å². The van der Waals surface area contributed by atoms with Gasteiger partial charge in [0, 0.05) is 19.3 Å². The first kappa shape index (κ1) is 74.8. The van der Waals surface area contributed by atoms with Crippen LogP contribution in [0.2, 0.25) is 0 Å². The van der Waals surface area contributed by atoms with Crippen molar-refractivity contribution >= 4 is 17.9 Å². The lowest BCUT2D eigenvalue weighted by Crippen LogP contribution is -2.30. The third-order valence-corrected chi connectivity index (χ3v) is 15.0. The van der Waals surface area contributed by atoms with Crippen LogP contribution in [-0.4, -0.2) is 37.2 Å². The van der Waals surface area contributed by atoms with E-state index in [1.807, 2.05) is 0 Å². The highest BCUT2D eigenvalue weighted by atomic mass is 16.6. The number of carbonyl (C=O) groups is 3. The zero-order valence-electron chi connectivity index (χ0n) is 51.9. The predicted octanol–water partition coefficient (Wildman–Crippen LogP) is 23.3. The van der Waals surface area contributed by atoms with Crippen LogP contribution in [0, 0.1) is 0 Å². The summed E-state index contributed by atoms with van der Waals surface area (Å²) in [5.74, 6) is -0.923. The second-order valence-electron chi connectivity index (χ2n) is 22.7. The standard InChI is InChI=1S/C72H128O6/c1-4-7-10-13-16-19-21-23-25-27-29-31-32-33-34-35-36-37-38-39-40-42-43-45-47-49-51-53-56-59-62-65-71(74)77-68-69(67-76-70(73)64-61-58-55-18-15-12-9-6-3)78-72(75)66-63-60-57-54-52-50-48-46-44-41-30-28-26-24-22-20-17-14-11-8-5-2/h8,11,17,20,24,26,30,41,46,48,52,54,69H,4-7,9-10,12-16,18-19,21-23,25,27-29,31-40,42-45,47,49-51,53,55-68H2,1-3H3/b11-8-,20-17-,26-24-,41-30-,48-46-,54-52-. The van der Waals surface area contributed by atoms with Gasteiger partial charge in [-0.15, -0.1) is 0 Å². The quantitative estimate of drug-likeness (QED) is 0.0261. The number of carbonyl (C=O) groups excluding carboxylic acids is 3. The fourth-order valence-electron chi connectivity index (χ4n) is 9.92. The van der Waals surface area contributed by atoms with E-state index in [0.29, 0.717) is 19.3 Å². The number of hydrogen-bond donors (Lipinski definition) is 0. The van der Waals surface area contributed by atoms with Crippen molar-refractivity contribution in [1.29, 1.82) is 0 Å². The van der Waals surface area contributed by atoms with Crippen LogP contribution in [0.5, 0.6) is 0 Å². The summed E-state index contributed by atoms with van der Waals surface area (Å²) in [6.07, 6.45) is 86.8. The topological polar surface area (TPSA) is 78.9 Å². The van der Waals surface area contributed by atoms with Crippen LogP contribution in [0.4, 0.5) is 0 Å². The first-order valence-electron chi connectivity index (χ1n) is 33.9. The molecule has 0 aromatic heterocycles. The van der Waals surface area contributed by atoms with Gasteiger partial charge in [0.05, 0.1) is 0 Å². The minimum atomic E-state index is -0.796. The Hall–Kier alpha value is -3.15. The fourth-order valence-corrected chi connectivity index (χ4v) is 9.92. The second kappa shape index (κ2) is 66.4. The summed E-state index contributed by atoms with van der Waals surface area (Å²) >= 11 is 0. The van der Waals surface area contributed by atoms with E-state index in [1.54, 1.807) is 0 Å². The molecule has 78 heavy (non-hydrogen) atoms. The lowest BCUT2D eigenvalue weighted by atomic mass is 10.0. The highest BCUT2D eigenvalue weighted by molar-refractivity contribution is 5.71. The largest absolute Gasteiger partial charge is 0.462 e. The van der Waals surface area contributed by atoms with E-state index in [2.05, 4.69) is 93.7 Å². The Kier molecular flexibility index (Phi) is 63.7. The van der Waals surface area contributed by atoms with Gasteiger partial charge in [-0.2, -0.15) is 0 Å². The first-order chi connectivity index (χ1) is 38.5. The van der Waals surface area contributed by atoms with Crippen molar-refractivity contribution in [1.82, 2.24) is 0 Å². The predicted molar refractivity (Wildman–Crippen MR) is 339 cm³/mol. The lowest BCUT2D eigenvalue weighted by Gasteiger charge is -2.18. The van der Waals surface area contributed by atoms with Crippen molar-refractivity contribution in [2.75, 3.05) is 13.2 Å². The first-order valence-corrected chi connectivity index (χ1v) is 33.9. The van der Waals surface area contributed by atoms with Crippen molar-refractivity contribution in [2.45, 2.75) is 354 Å². The monoisotopic (exact) mass is 1090 g/mol. The number of rotatable bonds is 62. The molecule has 0 aromatic rings. The molecule has 0 saturated carbocycles. The maximum absolute atomic E-state index is 12.9. The van der Waals surface area contributed by atoms with Crippen LogP contribution in [0.1, 0.15) is 348 Å². The molecule has 452 valence electrons. The minimum absolute atomic E-state index is 0.0895. The maximum Gasteiger partial charge on any atom is 0.306 e. The molecule has 0 saturated heterocycles. The molecule has 0 aliphatic rings. The summed E-state index contributed by atoms with van der Waals surface area (Å²) in [5.41, 5.74) is 0. The Bertz CT molecular complexity index is 1440. The molecule has 0 radical (unpaired) electrons. The lowest BCUT2D eigenvalue weighted by molar-refractivity contribution is -0.167. The fraction of sp³-hybridized carbons (Fsp3) is 0.792. The van der Waals surface area contributed by atoms with E-state index < -0.39 is 6.10 Å². The van der Waals surface area contributed by atoms with E-state index in [4.69, 9.17) is 14.2 Å². The van der Waals surface area contributed by atoms with Gasteiger partial charge in [-0.3, -0.25) is 14.4 Å². The number of esters is 3. The van der Waals surface area contributed by atoms with Crippen LogP contribution in [0.25, 0.3) is 0 Å². The van der Waals surface area contributed by atoms with Crippen LogP contribution in [0.15, 0.2) is 72.9 Å². The van der Waals surface area contributed by atoms with Crippen LogP contribution >= 0.6 is 0 Å². The van der Waals surface area contributed by atoms with Crippen molar-refractivity contribution < 1.29 is 28.6 Å². The number of allylic oxidation sites excluding steroid dienone is 12. The molecule has 0 rings (SSSR count). The highest BCUT2D eigenvalue weighted by Crippen LogP contribution is 2.18. The third kappa shape index (κ3) is 63.7. The Balaban J connectivity index is 4.11. The zero-order chi connectivity index (χ0) is 56.4. The summed E-state index contributed by atoms with van der Waals surface area (Å²) in [4.78, 5) is 38.1. The average Bonchev–Trinajstić information content (AvgIpc) is 3.44. The molecule has 6 nitrogen and oxygen atoms in total. The molecule has 1 unspecified atom stereocenters. The SMILES string of the molecule is CC/C=C\C/C=C\C/C=C\C/C=C\C/C=C\C/C=C\CCCCC(=O)OC(COC(=O)CCCCCCCCCC)COC(=O)CCCCCCCCCCCCCCCCCCCCCCCCCCCCCCCCC. The smallest absolute Gasteiger partial charge is 0.306 e. The Morgan fingerprint density at radius 3 is 0.782 bits per heavy atom. The molecule has 0 amide bonds. The van der Waals surface area contributed by atoms with Crippen LogP contribution in [-0.2, 0) is 28.6 Å². The third-order valence-electron chi connectivity index (χ3n) is 15.0. The molecule has 0 aliphatic heterocycles. The molecule has 0 fully saturated rings. The van der Waals surface area contributed by atoms with E-state index in [-0.39, 0.29) is 37.5 Å². The number of hydrogen-bond acceptors (Lipinski definition) is 6. The molecule has 0 N–H and O–H groups in total. The van der Waals surface area contributed by atoms with E-state index in [1.165, 1.54) is 212 Å². The maximum atomic E-state index is 12.9. The van der Waals surface area contributed by atoms with E-state index in [9.17, 15) is 14.4 Å². The summed E-state index contributed by atoms with van der Waals surface area (Å²) in [5, 5.41) is 0. The molecule has 0 heterocycles. The molecular formula is C72H128O6. The molecule has 0 aliphatic carbocycles. The van der Waals surface area contributed by atoms with Crippen molar-refractivity contribution in [2.24, 2.45) is 0 Å². The van der Waals surface area contributed by atoms with Crippen molar-refractivity contribution in [3.05, 3.63) is 72.9 Å².